The van der Waals surface area contributed by atoms with Crippen LogP contribution < -0.4 is 5.32 Å². The number of nitrogens with zero attached hydrogens (tertiary/aromatic N) is 4. The molecule has 8 heteroatoms. The molecule has 0 unspecified atom stereocenters. The van der Waals surface area contributed by atoms with Crippen LogP contribution in [0.4, 0.5) is 4.39 Å². The predicted molar refractivity (Wildman–Crippen MR) is 73.8 cm³/mol. The van der Waals surface area contributed by atoms with E-state index in [-0.39, 0.29) is 5.02 Å². The van der Waals surface area contributed by atoms with Crippen molar-refractivity contribution in [1.82, 2.24) is 25.5 Å². The molecule has 0 atom stereocenters. The van der Waals surface area contributed by atoms with Crippen molar-refractivity contribution >= 4 is 27.5 Å². The first-order valence-corrected chi connectivity index (χ1v) is 6.93. The molecule has 0 aliphatic heterocycles. The Hall–Kier alpha value is -1.05. The van der Waals surface area contributed by atoms with E-state index in [1.54, 1.807) is 0 Å². The number of halogens is 3. The molecule has 2 aromatic rings. The number of benzene rings is 1. The molecule has 0 amide bonds. The number of hydrogen-bond acceptors (Lipinski definition) is 4. The average molecular weight is 349 g/mol. The smallest absolute Gasteiger partial charge is 0.170 e. The van der Waals surface area contributed by atoms with Crippen molar-refractivity contribution < 1.29 is 4.39 Å². The third kappa shape index (κ3) is 3.29. The Morgan fingerprint density at radius 2 is 2.26 bits per heavy atom. The minimum Gasteiger partial charge on any atom is -0.310 e. The Kier molecular flexibility index (Phi) is 4.84. The van der Waals surface area contributed by atoms with E-state index < -0.39 is 5.82 Å². The Bertz CT molecular complexity index is 551. The number of rotatable bonds is 5. The maximum atomic E-state index is 13.2. The van der Waals surface area contributed by atoms with Gasteiger partial charge in [-0.1, -0.05) is 18.5 Å². The summed E-state index contributed by atoms with van der Waals surface area (Å²) in [5.41, 5.74) is 0.529. The summed E-state index contributed by atoms with van der Waals surface area (Å²) < 4.78 is 15.2. The number of nitrogens with one attached hydrogen (secondary N) is 1. The van der Waals surface area contributed by atoms with Crippen LogP contribution in [0.1, 0.15) is 19.2 Å². The van der Waals surface area contributed by atoms with E-state index in [9.17, 15) is 4.39 Å². The lowest BCUT2D eigenvalue weighted by Crippen LogP contribution is -2.18. The zero-order chi connectivity index (χ0) is 13.8. The fourth-order valence-corrected chi connectivity index (χ4v) is 2.60. The summed E-state index contributed by atoms with van der Waals surface area (Å²) in [6.07, 6.45) is 1.02. The van der Waals surface area contributed by atoms with Crippen molar-refractivity contribution in [3.05, 3.63) is 33.3 Å². The van der Waals surface area contributed by atoms with Crippen LogP contribution in [0.25, 0.3) is 5.69 Å². The minimum atomic E-state index is -0.417. The van der Waals surface area contributed by atoms with Crippen molar-refractivity contribution in [3.8, 4) is 5.69 Å². The Morgan fingerprint density at radius 1 is 1.47 bits per heavy atom. The maximum Gasteiger partial charge on any atom is 0.170 e. The van der Waals surface area contributed by atoms with E-state index in [0.717, 1.165) is 13.0 Å². The van der Waals surface area contributed by atoms with Crippen LogP contribution in [0, 0.1) is 5.82 Å². The highest BCUT2D eigenvalue weighted by Gasteiger charge is 2.15. The van der Waals surface area contributed by atoms with E-state index >= 15 is 0 Å². The molecule has 0 aliphatic carbocycles. The van der Waals surface area contributed by atoms with Crippen LogP contribution in [0.5, 0.6) is 0 Å². The molecule has 0 saturated carbocycles. The SMILES string of the molecule is CCCNCc1nnnn1-c1c(Cl)cc(F)cc1Br. The normalized spacial score (nSPS) is 10.9. The molecule has 19 heavy (non-hydrogen) atoms. The van der Waals surface area contributed by atoms with E-state index in [4.69, 9.17) is 11.6 Å². The van der Waals surface area contributed by atoms with Gasteiger partial charge < -0.3 is 5.32 Å². The summed E-state index contributed by atoms with van der Waals surface area (Å²) in [5.74, 6) is 0.196. The standard InChI is InChI=1S/C11H12BrClFN5/c1-2-3-15-6-10-16-17-18-19(10)11-8(12)4-7(14)5-9(11)13/h4-5,15H,2-3,6H2,1H3. The second-order valence-corrected chi connectivity index (χ2v) is 5.16. The topological polar surface area (TPSA) is 55.6 Å². The fraction of sp³-hybridized carbons (Fsp3) is 0.364. The summed E-state index contributed by atoms with van der Waals surface area (Å²) in [7, 11) is 0. The third-order valence-electron chi connectivity index (χ3n) is 2.44. The van der Waals surface area contributed by atoms with Gasteiger partial charge in [0.05, 0.1) is 11.6 Å². The van der Waals surface area contributed by atoms with Gasteiger partial charge in [-0.15, -0.1) is 5.10 Å². The fourth-order valence-electron chi connectivity index (χ4n) is 1.60. The molecule has 0 fully saturated rings. The first-order valence-electron chi connectivity index (χ1n) is 5.76. The molecule has 0 bridgehead atoms. The highest BCUT2D eigenvalue weighted by Crippen LogP contribution is 2.29. The van der Waals surface area contributed by atoms with Crippen molar-refractivity contribution in [2.45, 2.75) is 19.9 Å². The maximum absolute atomic E-state index is 13.2. The quantitative estimate of drug-likeness (QED) is 0.844. The van der Waals surface area contributed by atoms with Crippen LogP contribution in [-0.2, 0) is 6.54 Å². The van der Waals surface area contributed by atoms with E-state index in [1.165, 1.54) is 16.8 Å². The molecular formula is C11H12BrClFN5. The van der Waals surface area contributed by atoms with E-state index in [0.29, 0.717) is 22.5 Å². The van der Waals surface area contributed by atoms with E-state index in [2.05, 4.69) is 43.7 Å². The van der Waals surface area contributed by atoms with Gasteiger partial charge in [0.25, 0.3) is 0 Å². The monoisotopic (exact) mass is 347 g/mol. The molecule has 102 valence electrons. The van der Waals surface area contributed by atoms with Crippen LogP contribution in [-0.4, -0.2) is 26.8 Å². The van der Waals surface area contributed by atoms with Crippen molar-refractivity contribution in [2.24, 2.45) is 0 Å². The third-order valence-corrected chi connectivity index (χ3v) is 3.33. The lowest BCUT2D eigenvalue weighted by atomic mass is 10.3. The second-order valence-electron chi connectivity index (χ2n) is 3.90. The largest absolute Gasteiger partial charge is 0.310 e. The van der Waals surface area contributed by atoms with Crippen molar-refractivity contribution in [3.63, 3.8) is 0 Å². The van der Waals surface area contributed by atoms with Gasteiger partial charge in [0, 0.05) is 4.47 Å². The van der Waals surface area contributed by atoms with Gasteiger partial charge in [0.2, 0.25) is 0 Å². The number of aromatic nitrogens is 4. The van der Waals surface area contributed by atoms with Crippen LogP contribution in [0.15, 0.2) is 16.6 Å². The minimum absolute atomic E-state index is 0.246. The summed E-state index contributed by atoms with van der Waals surface area (Å²) in [6.45, 7) is 3.45. The molecule has 5 nitrogen and oxygen atoms in total. The van der Waals surface area contributed by atoms with Gasteiger partial charge in [-0.2, -0.15) is 4.68 Å². The highest BCUT2D eigenvalue weighted by molar-refractivity contribution is 9.10. The van der Waals surface area contributed by atoms with Crippen LogP contribution in [0.3, 0.4) is 0 Å². The second kappa shape index (κ2) is 6.40. The van der Waals surface area contributed by atoms with Gasteiger partial charge in [-0.05, 0) is 51.5 Å². The van der Waals surface area contributed by atoms with E-state index in [1.807, 2.05) is 0 Å². The van der Waals surface area contributed by atoms with Crippen LogP contribution >= 0.6 is 27.5 Å². The van der Waals surface area contributed by atoms with Gasteiger partial charge >= 0.3 is 0 Å². The van der Waals surface area contributed by atoms with Crippen molar-refractivity contribution in [1.29, 1.82) is 0 Å². The van der Waals surface area contributed by atoms with Gasteiger partial charge in [-0.3, -0.25) is 0 Å². The molecule has 2 rings (SSSR count). The molecular weight excluding hydrogens is 337 g/mol. The van der Waals surface area contributed by atoms with Gasteiger partial charge in [0.15, 0.2) is 5.82 Å². The lowest BCUT2D eigenvalue weighted by Gasteiger charge is -2.09. The zero-order valence-electron chi connectivity index (χ0n) is 10.2. The predicted octanol–water partition coefficient (Wildman–Crippen LogP) is 2.72. The molecule has 0 saturated heterocycles. The summed E-state index contributed by atoms with van der Waals surface area (Å²) >= 11 is 9.33. The molecule has 1 heterocycles. The summed E-state index contributed by atoms with van der Waals surface area (Å²) in [5, 5.41) is 14.9. The highest BCUT2D eigenvalue weighted by atomic mass is 79.9. The molecule has 0 spiro atoms. The van der Waals surface area contributed by atoms with Gasteiger partial charge in [-0.25, -0.2) is 4.39 Å². The summed E-state index contributed by atoms with van der Waals surface area (Å²) in [6, 6.07) is 2.55. The first kappa shape index (κ1) is 14.4. The first-order chi connectivity index (χ1) is 9.13. The Balaban J connectivity index is 2.35. The summed E-state index contributed by atoms with van der Waals surface area (Å²) in [4.78, 5) is 0. The molecule has 1 aromatic heterocycles. The molecule has 0 aliphatic rings. The molecule has 1 aromatic carbocycles. The van der Waals surface area contributed by atoms with Gasteiger partial charge in [0.1, 0.15) is 11.5 Å². The molecule has 1 N–H and O–H groups in total. The molecule has 0 radical (unpaired) electrons. The Labute approximate surface area is 123 Å². The average Bonchev–Trinajstić information content (AvgIpc) is 2.76. The zero-order valence-corrected chi connectivity index (χ0v) is 12.5. The number of tetrazole rings is 1. The Morgan fingerprint density at radius 3 is 2.95 bits per heavy atom. The number of hydrogen-bond donors (Lipinski definition) is 1. The lowest BCUT2D eigenvalue weighted by molar-refractivity contribution is 0.620. The van der Waals surface area contributed by atoms with Crippen LogP contribution in [0.2, 0.25) is 5.02 Å². The van der Waals surface area contributed by atoms with Crippen molar-refractivity contribution in [2.75, 3.05) is 6.54 Å².